The molecule has 2 aromatic carbocycles. The van der Waals surface area contributed by atoms with E-state index in [1.807, 2.05) is 24.3 Å². The molecule has 1 fully saturated rings. The Labute approximate surface area is 187 Å². The molecular formula is C21H26ClN3O5S. The molecule has 1 amide bonds. The molecule has 0 aliphatic carbocycles. The molecule has 0 atom stereocenters. The number of anilines is 1. The zero-order valence-electron chi connectivity index (χ0n) is 17.5. The van der Waals surface area contributed by atoms with Crippen molar-refractivity contribution in [2.45, 2.75) is 0 Å². The minimum absolute atomic E-state index is 0.0120. The lowest BCUT2D eigenvalue weighted by atomic mass is 10.2. The number of amides is 1. The molecule has 168 valence electrons. The van der Waals surface area contributed by atoms with E-state index in [-0.39, 0.29) is 18.2 Å². The number of nitrogens with zero attached hydrogens (tertiary/aromatic N) is 2. The Hall–Kier alpha value is -2.49. The third-order valence-corrected chi connectivity index (χ3v) is 7.21. The zero-order valence-corrected chi connectivity index (χ0v) is 19.1. The van der Waals surface area contributed by atoms with Crippen molar-refractivity contribution in [2.24, 2.45) is 0 Å². The number of methoxy groups -OCH3 is 2. The number of hydrogen-bond donors (Lipinski definition) is 1. The molecule has 0 saturated carbocycles. The van der Waals surface area contributed by atoms with E-state index in [0.717, 1.165) is 5.69 Å². The summed E-state index contributed by atoms with van der Waals surface area (Å²) < 4.78 is 37.2. The van der Waals surface area contributed by atoms with Crippen LogP contribution in [-0.2, 0) is 10.0 Å². The SMILES string of the molecule is COc1cc(OC)cc(C(=O)NCCS(=O)(=O)N2CCN(c3ccc(Cl)cc3)CC2)c1. The van der Waals surface area contributed by atoms with Crippen molar-refractivity contribution >= 4 is 33.2 Å². The van der Waals surface area contributed by atoms with Crippen LogP contribution in [0.15, 0.2) is 42.5 Å². The number of benzene rings is 2. The molecule has 1 N–H and O–H groups in total. The highest BCUT2D eigenvalue weighted by atomic mass is 35.5. The summed E-state index contributed by atoms with van der Waals surface area (Å²) in [5.41, 5.74) is 1.35. The van der Waals surface area contributed by atoms with Crippen molar-refractivity contribution in [3.63, 3.8) is 0 Å². The lowest BCUT2D eigenvalue weighted by Gasteiger charge is -2.35. The predicted molar refractivity (Wildman–Crippen MR) is 121 cm³/mol. The Morgan fingerprint density at radius 1 is 1.00 bits per heavy atom. The molecule has 10 heteroatoms. The van der Waals surface area contributed by atoms with Gasteiger partial charge >= 0.3 is 0 Å². The van der Waals surface area contributed by atoms with E-state index in [1.54, 1.807) is 18.2 Å². The Kier molecular flexibility index (Phi) is 7.64. The Morgan fingerprint density at radius 2 is 1.58 bits per heavy atom. The van der Waals surface area contributed by atoms with Crippen LogP contribution < -0.4 is 19.7 Å². The van der Waals surface area contributed by atoms with Crippen molar-refractivity contribution in [1.82, 2.24) is 9.62 Å². The average molecular weight is 468 g/mol. The number of nitrogens with one attached hydrogen (secondary N) is 1. The van der Waals surface area contributed by atoms with E-state index < -0.39 is 10.0 Å². The predicted octanol–water partition coefficient (Wildman–Crippen LogP) is 2.24. The number of carbonyl (C=O) groups is 1. The van der Waals surface area contributed by atoms with Gasteiger partial charge in [-0.3, -0.25) is 4.79 Å². The van der Waals surface area contributed by atoms with Gasteiger partial charge in [-0.1, -0.05) is 11.6 Å². The molecule has 31 heavy (non-hydrogen) atoms. The number of halogens is 1. The molecule has 1 aliphatic heterocycles. The van der Waals surface area contributed by atoms with Crippen LogP contribution in [0, 0.1) is 0 Å². The van der Waals surface area contributed by atoms with Gasteiger partial charge in [-0.15, -0.1) is 0 Å². The van der Waals surface area contributed by atoms with Gasteiger partial charge in [0.25, 0.3) is 5.91 Å². The van der Waals surface area contributed by atoms with Gasteiger partial charge in [0.1, 0.15) is 11.5 Å². The second-order valence-electron chi connectivity index (χ2n) is 7.04. The Morgan fingerprint density at radius 3 is 2.13 bits per heavy atom. The van der Waals surface area contributed by atoms with Gasteiger partial charge in [0.2, 0.25) is 10.0 Å². The topological polar surface area (TPSA) is 88.2 Å². The van der Waals surface area contributed by atoms with Gasteiger partial charge in [-0.2, -0.15) is 4.31 Å². The minimum atomic E-state index is -3.48. The van der Waals surface area contributed by atoms with Gasteiger partial charge in [0.05, 0.1) is 20.0 Å². The third kappa shape index (κ3) is 6.03. The number of ether oxygens (including phenoxy) is 2. The van der Waals surface area contributed by atoms with Crippen molar-refractivity contribution in [2.75, 3.05) is 57.6 Å². The maximum absolute atomic E-state index is 12.7. The first-order valence-corrected chi connectivity index (χ1v) is 11.8. The number of carbonyl (C=O) groups excluding carboxylic acids is 1. The van der Waals surface area contributed by atoms with E-state index in [2.05, 4.69) is 10.2 Å². The van der Waals surface area contributed by atoms with Gasteiger partial charge in [-0.05, 0) is 36.4 Å². The van der Waals surface area contributed by atoms with Crippen LogP contribution in [-0.4, -0.2) is 71.3 Å². The molecule has 1 aliphatic rings. The first-order valence-electron chi connectivity index (χ1n) is 9.82. The zero-order chi connectivity index (χ0) is 22.4. The average Bonchev–Trinajstić information content (AvgIpc) is 2.79. The summed E-state index contributed by atoms with van der Waals surface area (Å²) >= 11 is 5.93. The lowest BCUT2D eigenvalue weighted by Crippen LogP contribution is -2.50. The number of sulfonamides is 1. The molecule has 1 saturated heterocycles. The Bertz CT molecular complexity index is 984. The largest absolute Gasteiger partial charge is 0.497 e. The number of piperazine rings is 1. The van der Waals surface area contributed by atoms with Crippen LogP contribution in [0.5, 0.6) is 11.5 Å². The molecule has 0 radical (unpaired) electrons. The first kappa shape index (κ1) is 23.2. The van der Waals surface area contributed by atoms with Crippen LogP contribution in [0.3, 0.4) is 0 Å². The van der Waals surface area contributed by atoms with Crippen LogP contribution in [0.1, 0.15) is 10.4 Å². The number of rotatable bonds is 8. The molecule has 8 nitrogen and oxygen atoms in total. The molecule has 0 aromatic heterocycles. The number of hydrogen-bond acceptors (Lipinski definition) is 6. The van der Waals surface area contributed by atoms with Crippen molar-refractivity contribution in [1.29, 1.82) is 0 Å². The fourth-order valence-electron chi connectivity index (χ4n) is 3.34. The van der Waals surface area contributed by atoms with Crippen LogP contribution in [0.4, 0.5) is 5.69 Å². The molecule has 3 rings (SSSR count). The summed E-state index contributed by atoms with van der Waals surface area (Å²) in [7, 11) is -0.486. The van der Waals surface area contributed by atoms with Gasteiger partial charge in [0.15, 0.2) is 0 Å². The second kappa shape index (κ2) is 10.2. The van der Waals surface area contributed by atoms with E-state index in [1.165, 1.54) is 18.5 Å². The summed E-state index contributed by atoms with van der Waals surface area (Å²) in [5, 5.41) is 3.32. The molecule has 0 spiro atoms. The summed E-state index contributed by atoms with van der Waals surface area (Å²) in [6.45, 7) is 1.99. The van der Waals surface area contributed by atoms with Crippen LogP contribution in [0.2, 0.25) is 5.02 Å². The molecule has 0 bridgehead atoms. The van der Waals surface area contributed by atoms with Crippen molar-refractivity contribution in [3.8, 4) is 11.5 Å². The highest BCUT2D eigenvalue weighted by Crippen LogP contribution is 2.23. The van der Waals surface area contributed by atoms with E-state index >= 15 is 0 Å². The summed E-state index contributed by atoms with van der Waals surface area (Å²) in [6.07, 6.45) is 0. The normalized spacial score (nSPS) is 14.9. The van der Waals surface area contributed by atoms with Crippen LogP contribution in [0.25, 0.3) is 0 Å². The van der Waals surface area contributed by atoms with Gasteiger partial charge in [0, 0.05) is 55.1 Å². The fourth-order valence-corrected chi connectivity index (χ4v) is 4.80. The highest BCUT2D eigenvalue weighted by molar-refractivity contribution is 7.89. The van der Waals surface area contributed by atoms with Crippen LogP contribution >= 0.6 is 11.6 Å². The summed E-state index contributed by atoms with van der Waals surface area (Å²) in [5.74, 6) is 0.409. The maximum Gasteiger partial charge on any atom is 0.251 e. The Balaban J connectivity index is 1.51. The smallest absolute Gasteiger partial charge is 0.251 e. The first-order chi connectivity index (χ1) is 14.8. The minimum Gasteiger partial charge on any atom is -0.497 e. The molecule has 0 unspecified atom stereocenters. The van der Waals surface area contributed by atoms with Gasteiger partial charge < -0.3 is 19.7 Å². The lowest BCUT2D eigenvalue weighted by molar-refractivity contribution is 0.0955. The standard InChI is InChI=1S/C21H26ClN3O5S/c1-29-19-13-16(14-20(15-19)30-2)21(26)23-7-12-31(27,28)25-10-8-24(9-11-25)18-5-3-17(22)4-6-18/h3-6,13-15H,7-12H2,1-2H3,(H,23,26). The van der Waals surface area contributed by atoms with Crippen molar-refractivity contribution < 1.29 is 22.7 Å². The summed E-state index contributed by atoms with van der Waals surface area (Å²) in [6, 6.07) is 12.3. The monoisotopic (exact) mass is 467 g/mol. The fraction of sp³-hybridized carbons (Fsp3) is 0.381. The molecular weight excluding hydrogens is 442 g/mol. The second-order valence-corrected chi connectivity index (χ2v) is 9.56. The van der Waals surface area contributed by atoms with E-state index in [9.17, 15) is 13.2 Å². The highest BCUT2D eigenvalue weighted by Gasteiger charge is 2.27. The summed E-state index contributed by atoms with van der Waals surface area (Å²) in [4.78, 5) is 14.5. The van der Waals surface area contributed by atoms with E-state index in [0.29, 0.717) is 48.3 Å². The molecule has 1 heterocycles. The maximum atomic E-state index is 12.7. The third-order valence-electron chi connectivity index (χ3n) is 5.08. The van der Waals surface area contributed by atoms with Gasteiger partial charge in [-0.25, -0.2) is 8.42 Å². The van der Waals surface area contributed by atoms with E-state index in [4.69, 9.17) is 21.1 Å². The quantitative estimate of drug-likeness (QED) is 0.640. The molecule has 2 aromatic rings. The van der Waals surface area contributed by atoms with Crippen molar-refractivity contribution in [3.05, 3.63) is 53.1 Å².